The lowest BCUT2D eigenvalue weighted by molar-refractivity contribution is 0.711. The fraction of sp³-hybridized carbons (Fsp3) is 0.455. The lowest BCUT2D eigenvalue weighted by atomic mass is 10.0. The zero-order valence-corrected chi connectivity index (χ0v) is 8.40. The van der Waals surface area contributed by atoms with Crippen molar-refractivity contribution in [3.05, 3.63) is 28.3 Å². The number of hydrogen-bond acceptors (Lipinski definition) is 1. The van der Waals surface area contributed by atoms with E-state index in [4.69, 9.17) is 17.3 Å². The number of anilines is 1. The summed E-state index contributed by atoms with van der Waals surface area (Å²) in [7, 11) is 0. The summed E-state index contributed by atoms with van der Waals surface area (Å²) >= 11 is 5.97. The Balaban J connectivity index is 2.43. The molecule has 2 N–H and O–H groups in total. The maximum Gasteiger partial charge on any atom is 0.0638 e. The Morgan fingerprint density at radius 2 is 1.62 bits per heavy atom. The van der Waals surface area contributed by atoms with E-state index in [9.17, 15) is 0 Å². The quantitative estimate of drug-likeness (QED) is 0.500. The van der Waals surface area contributed by atoms with Gasteiger partial charge in [-0.25, -0.2) is 0 Å². The Morgan fingerprint density at radius 1 is 1.00 bits per heavy atom. The van der Waals surface area contributed by atoms with Gasteiger partial charge >= 0.3 is 0 Å². The number of fused-ring (bicyclic) bond motifs is 1. The van der Waals surface area contributed by atoms with Crippen molar-refractivity contribution in [2.75, 3.05) is 5.73 Å². The Bertz CT molecular complexity index is 289. The fourth-order valence-corrected chi connectivity index (χ4v) is 2.14. The van der Waals surface area contributed by atoms with Gasteiger partial charge in [-0.15, -0.1) is 0 Å². The van der Waals surface area contributed by atoms with Crippen LogP contribution < -0.4 is 5.73 Å². The third-order valence-electron chi connectivity index (χ3n) is 2.71. The van der Waals surface area contributed by atoms with E-state index in [1.54, 1.807) is 0 Å². The van der Waals surface area contributed by atoms with Crippen LogP contribution in [-0.4, -0.2) is 0 Å². The molecule has 2 heteroatoms. The third kappa shape index (κ3) is 1.80. The van der Waals surface area contributed by atoms with E-state index >= 15 is 0 Å². The van der Waals surface area contributed by atoms with E-state index < -0.39 is 0 Å². The van der Waals surface area contributed by atoms with Gasteiger partial charge in [0.2, 0.25) is 0 Å². The molecule has 0 atom stereocenters. The second-order valence-corrected chi connectivity index (χ2v) is 4.11. The van der Waals surface area contributed by atoms with Crippen LogP contribution in [0.4, 0.5) is 5.69 Å². The lowest BCUT2D eigenvalue weighted by Crippen LogP contribution is -1.95. The Labute approximate surface area is 83.9 Å². The van der Waals surface area contributed by atoms with Gasteiger partial charge < -0.3 is 5.73 Å². The number of aryl methyl sites for hydroxylation is 2. The SMILES string of the molecule is Nc1cc2c(cc1Cl)CCCCC2. The summed E-state index contributed by atoms with van der Waals surface area (Å²) in [6, 6.07) is 4.08. The summed E-state index contributed by atoms with van der Waals surface area (Å²) in [5.74, 6) is 0. The molecule has 0 bridgehead atoms. The largest absolute Gasteiger partial charge is 0.398 e. The summed E-state index contributed by atoms with van der Waals surface area (Å²) < 4.78 is 0. The number of halogens is 1. The van der Waals surface area contributed by atoms with E-state index in [2.05, 4.69) is 0 Å². The molecule has 2 rings (SSSR count). The van der Waals surface area contributed by atoms with Gasteiger partial charge in [-0.1, -0.05) is 18.0 Å². The first kappa shape index (κ1) is 8.89. The van der Waals surface area contributed by atoms with Crippen LogP contribution in [0.5, 0.6) is 0 Å². The molecule has 1 aliphatic carbocycles. The highest BCUT2D eigenvalue weighted by Gasteiger charge is 2.09. The molecule has 13 heavy (non-hydrogen) atoms. The predicted octanol–water partition coefficient (Wildman–Crippen LogP) is 3.19. The van der Waals surface area contributed by atoms with E-state index in [1.807, 2.05) is 12.1 Å². The number of hydrogen-bond donors (Lipinski definition) is 1. The molecule has 0 saturated heterocycles. The summed E-state index contributed by atoms with van der Waals surface area (Å²) in [6.07, 6.45) is 6.22. The van der Waals surface area contributed by atoms with Gasteiger partial charge in [-0.3, -0.25) is 0 Å². The zero-order valence-electron chi connectivity index (χ0n) is 7.65. The molecule has 0 spiro atoms. The molecule has 70 valence electrons. The first-order valence-electron chi connectivity index (χ1n) is 4.84. The molecule has 0 heterocycles. The number of nitrogens with two attached hydrogens (primary N) is 1. The highest BCUT2D eigenvalue weighted by molar-refractivity contribution is 6.33. The highest BCUT2D eigenvalue weighted by Crippen LogP contribution is 2.28. The van der Waals surface area contributed by atoms with E-state index in [1.165, 1.54) is 30.4 Å². The van der Waals surface area contributed by atoms with Crippen molar-refractivity contribution >= 4 is 17.3 Å². The second kappa shape index (κ2) is 3.59. The Kier molecular flexibility index (Phi) is 2.45. The van der Waals surface area contributed by atoms with Crippen LogP contribution in [0.1, 0.15) is 30.4 Å². The molecule has 0 aromatic heterocycles. The molecular formula is C11H14ClN. The van der Waals surface area contributed by atoms with Gasteiger partial charge in [0.05, 0.1) is 10.7 Å². The minimum absolute atomic E-state index is 0.709. The molecular weight excluding hydrogens is 182 g/mol. The van der Waals surface area contributed by atoms with Crippen molar-refractivity contribution in [1.29, 1.82) is 0 Å². The van der Waals surface area contributed by atoms with E-state index in [-0.39, 0.29) is 0 Å². The van der Waals surface area contributed by atoms with Gasteiger partial charge in [0.1, 0.15) is 0 Å². The maximum absolute atomic E-state index is 5.97. The van der Waals surface area contributed by atoms with Crippen molar-refractivity contribution in [1.82, 2.24) is 0 Å². The summed E-state index contributed by atoms with van der Waals surface area (Å²) in [6.45, 7) is 0. The number of nitrogen functional groups attached to an aromatic ring is 1. The van der Waals surface area contributed by atoms with Gasteiger partial charge in [0.15, 0.2) is 0 Å². The molecule has 1 aromatic rings. The van der Waals surface area contributed by atoms with Crippen molar-refractivity contribution < 1.29 is 0 Å². The van der Waals surface area contributed by atoms with Gasteiger partial charge in [0, 0.05) is 0 Å². The first-order valence-corrected chi connectivity index (χ1v) is 5.22. The van der Waals surface area contributed by atoms with Crippen LogP contribution in [0, 0.1) is 0 Å². The smallest absolute Gasteiger partial charge is 0.0638 e. The summed E-state index contributed by atoms with van der Waals surface area (Å²) in [5.41, 5.74) is 9.29. The molecule has 0 unspecified atom stereocenters. The molecule has 1 nitrogen and oxygen atoms in total. The molecule has 1 aromatic carbocycles. The Hall–Kier alpha value is -0.690. The number of rotatable bonds is 0. The highest BCUT2D eigenvalue weighted by atomic mass is 35.5. The molecule has 0 amide bonds. The molecule has 1 aliphatic rings. The normalized spacial score (nSPS) is 16.4. The van der Waals surface area contributed by atoms with Crippen molar-refractivity contribution in [3.8, 4) is 0 Å². The summed E-state index contributed by atoms with van der Waals surface area (Å²) in [5, 5.41) is 0.709. The molecule has 0 radical (unpaired) electrons. The van der Waals surface area contributed by atoms with Gasteiger partial charge in [0.25, 0.3) is 0 Å². The standard InChI is InChI=1S/C11H14ClN/c12-10-6-8-4-2-1-3-5-9(8)7-11(10)13/h6-7H,1-5,13H2. The van der Waals surface area contributed by atoms with E-state index in [0.29, 0.717) is 5.02 Å². The topological polar surface area (TPSA) is 26.0 Å². The van der Waals surface area contributed by atoms with Crippen LogP contribution in [0.15, 0.2) is 12.1 Å². The van der Waals surface area contributed by atoms with Crippen LogP contribution in [0.3, 0.4) is 0 Å². The van der Waals surface area contributed by atoms with Crippen LogP contribution in [0.2, 0.25) is 5.02 Å². The minimum atomic E-state index is 0.709. The van der Waals surface area contributed by atoms with Crippen molar-refractivity contribution in [3.63, 3.8) is 0 Å². The van der Waals surface area contributed by atoms with Crippen LogP contribution >= 0.6 is 11.6 Å². The van der Waals surface area contributed by atoms with Crippen LogP contribution in [0.25, 0.3) is 0 Å². The van der Waals surface area contributed by atoms with E-state index in [0.717, 1.165) is 18.5 Å². The molecule has 0 fully saturated rings. The predicted molar refractivity (Wildman–Crippen MR) is 57.1 cm³/mol. The minimum Gasteiger partial charge on any atom is -0.398 e. The monoisotopic (exact) mass is 195 g/mol. The van der Waals surface area contributed by atoms with Gasteiger partial charge in [-0.05, 0) is 48.9 Å². The molecule has 0 aliphatic heterocycles. The second-order valence-electron chi connectivity index (χ2n) is 3.70. The average Bonchev–Trinajstić information content (AvgIpc) is 2.31. The molecule has 0 saturated carbocycles. The van der Waals surface area contributed by atoms with Gasteiger partial charge in [-0.2, -0.15) is 0 Å². The summed E-state index contributed by atoms with van der Waals surface area (Å²) in [4.78, 5) is 0. The zero-order chi connectivity index (χ0) is 9.26. The lowest BCUT2D eigenvalue weighted by Gasteiger charge is -2.07. The first-order chi connectivity index (χ1) is 6.27. The Morgan fingerprint density at radius 3 is 2.31 bits per heavy atom. The third-order valence-corrected chi connectivity index (χ3v) is 3.04. The van der Waals surface area contributed by atoms with Crippen LogP contribution in [-0.2, 0) is 12.8 Å². The fourth-order valence-electron chi connectivity index (χ4n) is 1.95. The van der Waals surface area contributed by atoms with Crippen molar-refractivity contribution in [2.24, 2.45) is 0 Å². The van der Waals surface area contributed by atoms with Crippen molar-refractivity contribution in [2.45, 2.75) is 32.1 Å². The number of benzene rings is 1. The maximum atomic E-state index is 5.97. The average molecular weight is 196 g/mol.